The van der Waals surface area contributed by atoms with E-state index in [1.165, 1.54) is 11.8 Å². The van der Waals surface area contributed by atoms with Gasteiger partial charge in [0.2, 0.25) is 5.91 Å². The van der Waals surface area contributed by atoms with Gasteiger partial charge in [-0.2, -0.15) is 0 Å². The summed E-state index contributed by atoms with van der Waals surface area (Å²) in [5, 5.41) is 8.31. The summed E-state index contributed by atoms with van der Waals surface area (Å²) in [4.78, 5) is 40.4. The Bertz CT molecular complexity index is 1590. The lowest BCUT2D eigenvalue weighted by Gasteiger charge is -2.16. The Kier molecular flexibility index (Phi) is 11.8. The van der Waals surface area contributed by atoms with Gasteiger partial charge < -0.3 is 20.7 Å². The van der Waals surface area contributed by atoms with Crippen LogP contribution in [0, 0.1) is 3.57 Å². The van der Waals surface area contributed by atoms with Crippen LogP contribution in [0.5, 0.6) is 5.75 Å². The number of para-hydroxylation sites is 1. The number of hydrogen-bond acceptors (Lipinski definition) is 5. The molecule has 4 rings (SSSR count). The van der Waals surface area contributed by atoms with E-state index in [2.05, 4.69) is 38.5 Å². The van der Waals surface area contributed by atoms with Gasteiger partial charge in [0.05, 0.1) is 11.9 Å². The Morgan fingerprint density at radius 3 is 2.28 bits per heavy atom. The SMILES string of the molecule is CCOc1ccccc1/C=C(/NC(=O)c1ccccc1)C(=O)Nc1cccc(SC(CC)C(=O)Nc2ccc(I)cc2)c1. The zero-order valence-corrected chi connectivity index (χ0v) is 26.8. The molecule has 0 aliphatic heterocycles. The van der Waals surface area contributed by atoms with E-state index in [0.717, 1.165) is 14.2 Å². The molecule has 0 bridgehead atoms. The third-order valence-electron chi connectivity index (χ3n) is 6.19. The van der Waals surface area contributed by atoms with Crippen LogP contribution in [-0.2, 0) is 9.59 Å². The molecule has 1 atom stereocenters. The number of thioether (sulfide) groups is 1. The highest BCUT2D eigenvalue weighted by Gasteiger charge is 2.20. The molecule has 0 fully saturated rings. The van der Waals surface area contributed by atoms with Gasteiger partial charge in [-0.25, -0.2) is 0 Å². The predicted molar refractivity (Wildman–Crippen MR) is 182 cm³/mol. The van der Waals surface area contributed by atoms with Crippen LogP contribution in [0.15, 0.2) is 114 Å². The van der Waals surface area contributed by atoms with Crippen molar-refractivity contribution in [2.45, 2.75) is 30.4 Å². The van der Waals surface area contributed by atoms with Crippen LogP contribution >= 0.6 is 34.4 Å². The lowest BCUT2D eigenvalue weighted by molar-refractivity contribution is -0.116. The van der Waals surface area contributed by atoms with Crippen molar-refractivity contribution in [3.63, 3.8) is 0 Å². The Balaban J connectivity index is 1.53. The topological polar surface area (TPSA) is 96.5 Å². The lowest BCUT2D eigenvalue weighted by Crippen LogP contribution is -2.30. The maximum atomic E-state index is 13.6. The number of nitrogens with one attached hydrogen (secondary N) is 3. The molecule has 0 aliphatic rings. The zero-order valence-electron chi connectivity index (χ0n) is 23.8. The van der Waals surface area contributed by atoms with Crippen LogP contribution in [0.2, 0.25) is 0 Å². The monoisotopic (exact) mass is 705 g/mol. The van der Waals surface area contributed by atoms with Gasteiger partial charge in [0.15, 0.2) is 0 Å². The first kappa shape index (κ1) is 31.8. The fraction of sp³-hybridized carbons (Fsp3) is 0.147. The van der Waals surface area contributed by atoms with E-state index >= 15 is 0 Å². The first-order valence-corrected chi connectivity index (χ1v) is 15.8. The van der Waals surface area contributed by atoms with Crippen molar-refractivity contribution in [3.05, 3.63) is 124 Å². The van der Waals surface area contributed by atoms with Crippen LogP contribution in [0.25, 0.3) is 6.08 Å². The van der Waals surface area contributed by atoms with Crippen LogP contribution in [0.3, 0.4) is 0 Å². The quantitative estimate of drug-likeness (QED) is 0.0802. The zero-order chi connectivity index (χ0) is 30.6. The molecular formula is C34H32IN3O4S. The summed E-state index contributed by atoms with van der Waals surface area (Å²) in [7, 11) is 0. The highest BCUT2D eigenvalue weighted by Crippen LogP contribution is 2.29. The number of hydrogen-bond donors (Lipinski definition) is 3. The maximum absolute atomic E-state index is 13.6. The summed E-state index contributed by atoms with van der Waals surface area (Å²) < 4.78 is 6.82. The maximum Gasteiger partial charge on any atom is 0.272 e. The predicted octanol–water partition coefficient (Wildman–Crippen LogP) is 7.61. The molecule has 0 aromatic heterocycles. The largest absolute Gasteiger partial charge is 0.493 e. The average Bonchev–Trinajstić information content (AvgIpc) is 3.02. The number of halogens is 1. The van der Waals surface area contributed by atoms with Crippen molar-refractivity contribution in [2.75, 3.05) is 17.2 Å². The van der Waals surface area contributed by atoms with Gasteiger partial charge in [0.25, 0.3) is 11.8 Å². The molecule has 3 amide bonds. The Labute approximate surface area is 269 Å². The Hall–Kier alpha value is -4.09. The highest BCUT2D eigenvalue weighted by molar-refractivity contribution is 14.1. The molecule has 43 heavy (non-hydrogen) atoms. The van der Waals surface area contributed by atoms with Gasteiger partial charge in [-0.1, -0.05) is 49.4 Å². The van der Waals surface area contributed by atoms with Gasteiger partial charge in [0.1, 0.15) is 11.4 Å². The van der Waals surface area contributed by atoms with Crippen molar-refractivity contribution < 1.29 is 19.1 Å². The number of anilines is 2. The third kappa shape index (κ3) is 9.45. The molecule has 0 radical (unpaired) electrons. The van der Waals surface area contributed by atoms with Gasteiger partial charge in [-0.15, -0.1) is 11.8 Å². The van der Waals surface area contributed by atoms with E-state index in [1.54, 1.807) is 36.4 Å². The summed E-state index contributed by atoms with van der Waals surface area (Å²) in [6.07, 6.45) is 2.22. The van der Waals surface area contributed by atoms with Crippen molar-refractivity contribution in [1.82, 2.24) is 5.32 Å². The molecular weight excluding hydrogens is 673 g/mol. The Morgan fingerprint density at radius 2 is 1.56 bits per heavy atom. The van der Waals surface area contributed by atoms with Gasteiger partial charge in [-0.05, 0) is 103 Å². The van der Waals surface area contributed by atoms with E-state index in [1.807, 2.05) is 86.6 Å². The van der Waals surface area contributed by atoms with Crippen LogP contribution < -0.4 is 20.7 Å². The number of ether oxygens (including phenoxy) is 1. The summed E-state index contributed by atoms with van der Waals surface area (Å²) in [5.74, 6) is -0.409. The van der Waals surface area contributed by atoms with Crippen LogP contribution in [0.4, 0.5) is 11.4 Å². The molecule has 9 heteroatoms. The molecule has 7 nitrogen and oxygen atoms in total. The molecule has 0 saturated carbocycles. The first-order chi connectivity index (χ1) is 20.9. The van der Waals surface area contributed by atoms with E-state index in [4.69, 9.17) is 4.74 Å². The number of rotatable bonds is 12. The second-order valence-electron chi connectivity index (χ2n) is 9.34. The van der Waals surface area contributed by atoms with Crippen LogP contribution in [-0.4, -0.2) is 29.6 Å². The molecule has 0 saturated heterocycles. The first-order valence-electron chi connectivity index (χ1n) is 13.8. The smallest absolute Gasteiger partial charge is 0.272 e. The van der Waals surface area contributed by atoms with E-state index in [9.17, 15) is 14.4 Å². The molecule has 1 unspecified atom stereocenters. The van der Waals surface area contributed by atoms with Gasteiger partial charge >= 0.3 is 0 Å². The van der Waals surface area contributed by atoms with Gasteiger partial charge in [0, 0.05) is 31.0 Å². The number of benzene rings is 4. The van der Waals surface area contributed by atoms with Gasteiger partial charge in [-0.3, -0.25) is 14.4 Å². The fourth-order valence-electron chi connectivity index (χ4n) is 4.07. The molecule has 4 aromatic rings. The van der Waals surface area contributed by atoms with Crippen molar-refractivity contribution in [2.24, 2.45) is 0 Å². The standard InChI is InChI=1S/C34H32IN3O4S/c1-3-31(34(41)36-26-19-17-25(35)18-20-26)43-28-15-10-14-27(22-28)37-33(40)29(38-32(39)23-11-6-5-7-12-23)21-24-13-8-9-16-30(24)42-4-2/h5-22,31H,3-4H2,1-2H3,(H,36,41)(H,37,40)(H,38,39)/b29-21+. The van der Waals surface area contributed by atoms with E-state index in [-0.39, 0.29) is 16.9 Å². The normalized spacial score (nSPS) is 11.7. The third-order valence-corrected chi connectivity index (χ3v) is 8.27. The molecule has 0 spiro atoms. The average molecular weight is 706 g/mol. The van der Waals surface area contributed by atoms with E-state index < -0.39 is 11.8 Å². The summed E-state index contributed by atoms with van der Waals surface area (Å²) in [6.45, 7) is 4.29. The van der Waals surface area contributed by atoms with Crippen molar-refractivity contribution in [1.29, 1.82) is 0 Å². The van der Waals surface area contributed by atoms with Crippen molar-refractivity contribution in [3.8, 4) is 5.75 Å². The highest BCUT2D eigenvalue weighted by atomic mass is 127. The second kappa shape index (κ2) is 15.9. The lowest BCUT2D eigenvalue weighted by atomic mass is 10.1. The minimum atomic E-state index is -0.499. The molecule has 3 N–H and O–H groups in total. The number of carbonyl (C=O) groups is 3. The summed E-state index contributed by atoms with van der Waals surface area (Å²) >= 11 is 3.64. The Morgan fingerprint density at radius 1 is 0.837 bits per heavy atom. The molecule has 0 aliphatic carbocycles. The van der Waals surface area contributed by atoms with Crippen molar-refractivity contribution >= 4 is 69.5 Å². The molecule has 220 valence electrons. The number of carbonyl (C=O) groups excluding carboxylic acids is 3. The van der Waals surface area contributed by atoms with Crippen LogP contribution in [0.1, 0.15) is 36.2 Å². The molecule has 0 heterocycles. The second-order valence-corrected chi connectivity index (χ2v) is 11.9. The molecule has 4 aromatic carbocycles. The van der Waals surface area contributed by atoms with E-state index in [0.29, 0.717) is 35.6 Å². The fourth-order valence-corrected chi connectivity index (χ4v) is 5.45. The summed E-state index contributed by atoms with van der Waals surface area (Å²) in [6, 6.07) is 30.9. The summed E-state index contributed by atoms with van der Waals surface area (Å²) in [5.41, 5.74) is 2.40. The minimum absolute atomic E-state index is 0.0578. The number of amides is 3. The minimum Gasteiger partial charge on any atom is -0.493 e.